The second kappa shape index (κ2) is 7.69. The molecule has 0 radical (unpaired) electrons. The van der Waals surface area contributed by atoms with Gasteiger partial charge in [-0.15, -0.1) is 11.3 Å². The second-order valence-corrected chi connectivity index (χ2v) is 9.88. The molecule has 0 bridgehead atoms. The number of aliphatic carboxylic acids is 1. The van der Waals surface area contributed by atoms with E-state index in [1.54, 1.807) is 11.3 Å². The summed E-state index contributed by atoms with van der Waals surface area (Å²) >= 11 is 7.91. The number of rotatable bonds is 5. The molecule has 5 rings (SSSR count). The number of carboxylic acid groups (broad SMARTS) is 1. The van der Waals surface area contributed by atoms with E-state index in [1.165, 1.54) is 4.70 Å². The third-order valence-corrected chi connectivity index (χ3v) is 7.13. The first-order valence-corrected chi connectivity index (χ1v) is 11.5. The fraction of sp³-hybridized carbons (Fsp3) is 0.208. The van der Waals surface area contributed by atoms with Gasteiger partial charge in [-0.3, -0.25) is 4.79 Å². The van der Waals surface area contributed by atoms with Gasteiger partial charge in [0.1, 0.15) is 5.60 Å². The molecule has 0 amide bonds. The third-order valence-electron chi connectivity index (χ3n) is 5.88. The number of carboxylic acids is 1. The molecule has 0 spiro atoms. The van der Waals surface area contributed by atoms with E-state index in [9.17, 15) is 9.90 Å². The van der Waals surface area contributed by atoms with E-state index in [0.717, 1.165) is 32.9 Å². The van der Waals surface area contributed by atoms with Gasteiger partial charge in [0, 0.05) is 33.4 Å². The number of halogens is 1. The summed E-state index contributed by atoms with van der Waals surface area (Å²) in [5.41, 5.74) is 3.14. The summed E-state index contributed by atoms with van der Waals surface area (Å²) < 4.78 is 15.2. The van der Waals surface area contributed by atoms with Crippen LogP contribution in [0.3, 0.4) is 0 Å². The minimum absolute atomic E-state index is 0.0423. The van der Waals surface area contributed by atoms with Gasteiger partial charge in [0.15, 0.2) is 0 Å². The molecule has 32 heavy (non-hydrogen) atoms. The Bertz CT molecular complexity index is 1390. The van der Waals surface area contributed by atoms with Crippen molar-refractivity contribution in [1.82, 2.24) is 4.57 Å². The van der Waals surface area contributed by atoms with Crippen molar-refractivity contribution in [2.75, 3.05) is 0 Å². The number of carbonyl (C=O) groups is 1. The molecule has 3 heterocycles. The molecule has 0 saturated carbocycles. The van der Waals surface area contributed by atoms with Gasteiger partial charge in [0.05, 0.1) is 12.2 Å². The van der Waals surface area contributed by atoms with E-state index < -0.39 is 18.7 Å². The number of nitrogens with zero attached hydrogens (tertiary/aromatic N) is 1. The maximum Gasteiger partial charge on any atom is 0.563 e. The largest absolute Gasteiger partial charge is 0.563 e. The van der Waals surface area contributed by atoms with Crippen LogP contribution in [-0.4, -0.2) is 28.4 Å². The van der Waals surface area contributed by atoms with Crippen LogP contribution in [0.2, 0.25) is 5.02 Å². The second-order valence-electron chi connectivity index (χ2n) is 8.53. The van der Waals surface area contributed by atoms with Crippen molar-refractivity contribution in [3.05, 3.63) is 76.5 Å². The van der Waals surface area contributed by atoms with Crippen molar-refractivity contribution in [2.45, 2.75) is 32.4 Å². The lowest BCUT2D eigenvalue weighted by Crippen LogP contribution is -2.34. The van der Waals surface area contributed by atoms with Crippen LogP contribution in [0.5, 0.6) is 0 Å². The zero-order valence-corrected chi connectivity index (χ0v) is 19.3. The van der Waals surface area contributed by atoms with Crippen LogP contribution in [0, 0.1) is 0 Å². The quantitative estimate of drug-likeness (QED) is 0.411. The SMILES string of the molecule is C=C1OB(c2ccc3c(CC(=O)O)cn(Cc4csc5ccc(Cl)cc45)c3c2)OC1(C)C. The van der Waals surface area contributed by atoms with Gasteiger partial charge in [-0.2, -0.15) is 0 Å². The fourth-order valence-corrected chi connectivity index (χ4v) is 5.20. The van der Waals surface area contributed by atoms with Gasteiger partial charge in [-0.05, 0) is 65.5 Å². The summed E-state index contributed by atoms with van der Waals surface area (Å²) in [6.07, 6.45) is 1.88. The predicted octanol–water partition coefficient (Wildman–Crippen LogP) is 5.22. The first-order chi connectivity index (χ1) is 15.2. The van der Waals surface area contributed by atoms with Crippen molar-refractivity contribution in [3.8, 4) is 0 Å². The molecule has 8 heteroatoms. The average Bonchev–Trinajstić information content (AvgIpc) is 3.36. The van der Waals surface area contributed by atoms with Crippen molar-refractivity contribution in [1.29, 1.82) is 0 Å². The number of fused-ring (bicyclic) bond motifs is 2. The molecule has 0 atom stereocenters. The number of hydrogen-bond donors (Lipinski definition) is 1. The first kappa shape index (κ1) is 21.1. The van der Waals surface area contributed by atoms with Crippen LogP contribution in [-0.2, 0) is 27.1 Å². The molecular formula is C24H21BClNO4S. The maximum absolute atomic E-state index is 11.5. The average molecular weight is 466 g/mol. The van der Waals surface area contributed by atoms with Gasteiger partial charge in [0.2, 0.25) is 0 Å². The Hall–Kier alpha value is -2.74. The van der Waals surface area contributed by atoms with Crippen LogP contribution in [0.4, 0.5) is 0 Å². The van der Waals surface area contributed by atoms with Crippen LogP contribution < -0.4 is 5.46 Å². The summed E-state index contributed by atoms with van der Waals surface area (Å²) in [6, 6.07) is 11.8. The molecule has 1 aliphatic heterocycles. The van der Waals surface area contributed by atoms with Crippen LogP contribution in [0.1, 0.15) is 25.0 Å². The van der Waals surface area contributed by atoms with E-state index in [1.807, 2.05) is 56.4 Å². The molecule has 2 aromatic carbocycles. The lowest BCUT2D eigenvalue weighted by Gasteiger charge is -2.15. The minimum Gasteiger partial charge on any atom is -0.534 e. The fourth-order valence-electron chi connectivity index (χ4n) is 4.09. The number of aromatic nitrogens is 1. The highest BCUT2D eigenvalue weighted by Crippen LogP contribution is 2.32. The molecular weight excluding hydrogens is 445 g/mol. The molecule has 0 aliphatic carbocycles. The molecule has 5 nitrogen and oxygen atoms in total. The zero-order chi connectivity index (χ0) is 22.6. The highest BCUT2D eigenvalue weighted by atomic mass is 35.5. The molecule has 0 unspecified atom stereocenters. The normalized spacial score (nSPS) is 15.6. The van der Waals surface area contributed by atoms with E-state index in [4.69, 9.17) is 20.9 Å². The van der Waals surface area contributed by atoms with Crippen molar-refractivity contribution in [3.63, 3.8) is 0 Å². The molecule has 2 aromatic heterocycles. The standard InChI is InChI=1S/C24H21BClNO4S/c1-14-24(2,3)31-25(30-14)17-4-6-19-15(8-23(28)29)11-27(21(19)9-17)12-16-13-32-22-7-5-18(26)10-20(16)22/h4-7,9-11,13H,1,8,12H2,2-3H3,(H,28,29). The lowest BCUT2D eigenvalue weighted by molar-refractivity contribution is -0.136. The monoisotopic (exact) mass is 465 g/mol. The minimum atomic E-state index is -0.860. The Kier molecular flexibility index (Phi) is 5.08. The van der Waals surface area contributed by atoms with E-state index in [-0.39, 0.29) is 6.42 Å². The smallest absolute Gasteiger partial charge is 0.534 e. The molecule has 1 fully saturated rings. The van der Waals surface area contributed by atoms with E-state index in [2.05, 4.69) is 16.5 Å². The summed E-state index contributed by atoms with van der Waals surface area (Å²) in [7, 11) is -0.547. The predicted molar refractivity (Wildman–Crippen MR) is 130 cm³/mol. The topological polar surface area (TPSA) is 60.7 Å². The lowest BCUT2D eigenvalue weighted by atomic mass is 9.79. The zero-order valence-electron chi connectivity index (χ0n) is 17.7. The highest BCUT2D eigenvalue weighted by molar-refractivity contribution is 7.17. The van der Waals surface area contributed by atoms with Gasteiger partial charge >= 0.3 is 13.1 Å². The van der Waals surface area contributed by atoms with Crippen molar-refractivity contribution >= 4 is 62.5 Å². The van der Waals surface area contributed by atoms with Gasteiger partial charge in [-0.1, -0.05) is 30.3 Å². The summed E-state index contributed by atoms with van der Waals surface area (Å²) in [6.45, 7) is 8.41. The summed E-state index contributed by atoms with van der Waals surface area (Å²) in [5, 5.41) is 14.2. The van der Waals surface area contributed by atoms with Crippen LogP contribution in [0.15, 0.2) is 60.3 Å². The maximum atomic E-state index is 11.5. The summed E-state index contributed by atoms with van der Waals surface area (Å²) in [4.78, 5) is 11.5. The first-order valence-electron chi connectivity index (χ1n) is 10.2. The van der Waals surface area contributed by atoms with E-state index in [0.29, 0.717) is 17.3 Å². The molecule has 1 N–H and O–H groups in total. The highest BCUT2D eigenvalue weighted by Gasteiger charge is 2.42. The Labute approximate surface area is 195 Å². The molecule has 162 valence electrons. The summed E-state index contributed by atoms with van der Waals surface area (Å²) in [5.74, 6) is -0.271. The van der Waals surface area contributed by atoms with Gasteiger partial charge in [-0.25, -0.2) is 0 Å². The third kappa shape index (κ3) is 3.70. The Morgan fingerprint density at radius 3 is 2.75 bits per heavy atom. The number of benzene rings is 2. The Morgan fingerprint density at radius 1 is 1.22 bits per heavy atom. The number of hydrogen-bond acceptors (Lipinski definition) is 4. The molecule has 4 aromatic rings. The van der Waals surface area contributed by atoms with Gasteiger partial charge < -0.3 is 19.0 Å². The van der Waals surface area contributed by atoms with Crippen molar-refractivity contribution in [2.24, 2.45) is 0 Å². The Morgan fingerprint density at radius 2 is 2.03 bits per heavy atom. The Balaban J connectivity index is 1.59. The molecule has 1 saturated heterocycles. The number of thiophene rings is 1. The van der Waals surface area contributed by atoms with Gasteiger partial charge in [0.25, 0.3) is 0 Å². The van der Waals surface area contributed by atoms with Crippen LogP contribution >= 0.6 is 22.9 Å². The molecule has 1 aliphatic rings. The van der Waals surface area contributed by atoms with Crippen molar-refractivity contribution < 1.29 is 19.2 Å². The van der Waals surface area contributed by atoms with Crippen LogP contribution in [0.25, 0.3) is 21.0 Å². The van der Waals surface area contributed by atoms with E-state index >= 15 is 0 Å².